The van der Waals surface area contributed by atoms with Crippen molar-refractivity contribution in [1.29, 1.82) is 0 Å². The lowest BCUT2D eigenvalue weighted by molar-refractivity contribution is -0.137. The maximum Gasteiger partial charge on any atom is 0.305 e. The van der Waals surface area contributed by atoms with E-state index in [0.29, 0.717) is 18.8 Å². The van der Waals surface area contributed by atoms with Crippen LogP contribution in [0.25, 0.3) is 10.9 Å². The van der Waals surface area contributed by atoms with Gasteiger partial charge in [-0.25, -0.2) is 0 Å². The molecule has 7 heteroatoms. The third-order valence-corrected chi connectivity index (χ3v) is 4.64. The van der Waals surface area contributed by atoms with E-state index < -0.39 is 5.97 Å². The van der Waals surface area contributed by atoms with Crippen LogP contribution in [-0.4, -0.2) is 52.7 Å². The number of carboxylic acids is 1. The maximum atomic E-state index is 12.8. The van der Waals surface area contributed by atoms with Gasteiger partial charge in [0.05, 0.1) is 12.5 Å². The lowest BCUT2D eigenvalue weighted by atomic mass is 10.2. The summed E-state index contributed by atoms with van der Waals surface area (Å²) < 4.78 is 6.53. The molecule has 1 fully saturated rings. The Bertz CT molecular complexity index is 752. The van der Waals surface area contributed by atoms with Gasteiger partial charge in [-0.15, -0.1) is 0 Å². The van der Waals surface area contributed by atoms with Crippen LogP contribution in [0.15, 0.2) is 28.7 Å². The van der Waals surface area contributed by atoms with Gasteiger partial charge >= 0.3 is 5.97 Å². The van der Waals surface area contributed by atoms with E-state index in [0.717, 1.165) is 28.2 Å². The largest absolute Gasteiger partial charge is 0.481 e. The molecule has 0 spiro atoms. The van der Waals surface area contributed by atoms with E-state index in [2.05, 4.69) is 20.9 Å². The number of aliphatic carboxylic acids is 1. The fourth-order valence-electron chi connectivity index (χ4n) is 2.93. The number of halogens is 1. The van der Waals surface area contributed by atoms with Crippen LogP contribution in [0.1, 0.15) is 29.8 Å². The number of rotatable bonds is 6. The minimum Gasteiger partial charge on any atom is -0.481 e. The van der Waals surface area contributed by atoms with Crippen molar-refractivity contribution >= 4 is 38.7 Å². The zero-order valence-corrected chi connectivity index (χ0v) is 14.7. The van der Waals surface area contributed by atoms with E-state index in [1.54, 1.807) is 11.0 Å². The summed E-state index contributed by atoms with van der Waals surface area (Å²) in [5, 5.41) is 9.87. The summed E-state index contributed by atoms with van der Waals surface area (Å²) in [6, 6.07) is 7.54. The van der Waals surface area contributed by atoms with Gasteiger partial charge in [0.2, 0.25) is 0 Å². The van der Waals surface area contributed by atoms with Gasteiger partial charge in [-0.2, -0.15) is 0 Å². The first-order valence-corrected chi connectivity index (χ1v) is 8.73. The molecule has 0 bridgehead atoms. The predicted molar refractivity (Wildman–Crippen MR) is 93.1 cm³/mol. The van der Waals surface area contributed by atoms with Gasteiger partial charge in [-0.1, -0.05) is 15.9 Å². The number of hydrogen-bond acceptors (Lipinski definition) is 3. The molecule has 128 valence electrons. The number of benzene rings is 1. The summed E-state index contributed by atoms with van der Waals surface area (Å²) in [6.45, 7) is 1.30. The Labute approximate surface area is 147 Å². The molecule has 1 aromatic carbocycles. The number of ether oxygens (including phenoxy) is 1. The number of nitrogens with zero attached hydrogens (tertiary/aromatic N) is 1. The number of hydrogen-bond donors (Lipinski definition) is 2. The zero-order chi connectivity index (χ0) is 17.1. The van der Waals surface area contributed by atoms with E-state index in [4.69, 9.17) is 9.84 Å². The molecule has 0 aliphatic carbocycles. The normalized spacial score (nSPS) is 17.3. The molecule has 1 atom stereocenters. The zero-order valence-electron chi connectivity index (χ0n) is 13.1. The summed E-state index contributed by atoms with van der Waals surface area (Å²) in [5.74, 6) is -1.11. The molecule has 1 amide bonds. The average molecular weight is 395 g/mol. The van der Waals surface area contributed by atoms with Crippen LogP contribution in [0, 0.1) is 0 Å². The first kappa shape index (κ1) is 17.0. The van der Waals surface area contributed by atoms with Crippen LogP contribution in [0.5, 0.6) is 0 Å². The van der Waals surface area contributed by atoms with Gasteiger partial charge in [0.15, 0.2) is 0 Å². The smallest absolute Gasteiger partial charge is 0.305 e. The van der Waals surface area contributed by atoms with Gasteiger partial charge in [0.25, 0.3) is 5.91 Å². The monoisotopic (exact) mass is 394 g/mol. The fourth-order valence-corrected chi connectivity index (χ4v) is 3.31. The molecule has 1 aliphatic heterocycles. The lowest BCUT2D eigenvalue weighted by Gasteiger charge is -2.24. The number of carboxylic acid groups (broad SMARTS) is 1. The molecule has 0 unspecified atom stereocenters. The van der Waals surface area contributed by atoms with Crippen LogP contribution >= 0.6 is 15.9 Å². The number of carbonyl (C=O) groups is 2. The van der Waals surface area contributed by atoms with Crippen molar-refractivity contribution in [2.24, 2.45) is 0 Å². The summed E-state index contributed by atoms with van der Waals surface area (Å²) in [4.78, 5) is 28.4. The minimum absolute atomic E-state index is 0.0127. The summed E-state index contributed by atoms with van der Waals surface area (Å²) in [5.41, 5.74) is 1.34. The van der Waals surface area contributed by atoms with Crippen molar-refractivity contribution in [3.63, 3.8) is 0 Å². The van der Waals surface area contributed by atoms with Crippen LogP contribution in [0.3, 0.4) is 0 Å². The molecule has 0 radical (unpaired) electrons. The third-order valence-electron chi connectivity index (χ3n) is 4.14. The predicted octanol–water partition coefficient (Wildman–Crippen LogP) is 3.03. The molecule has 2 N–H and O–H groups in total. The molecule has 1 aromatic heterocycles. The molecular formula is C17H19BrN2O4. The highest BCUT2D eigenvalue weighted by Gasteiger charge is 2.24. The van der Waals surface area contributed by atoms with Gasteiger partial charge in [-0.05, 0) is 37.1 Å². The Kier molecular flexibility index (Phi) is 5.20. The summed E-state index contributed by atoms with van der Waals surface area (Å²) >= 11 is 3.42. The molecule has 2 heterocycles. The van der Waals surface area contributed by atoms with E-state index in [1.165, 1.54) is 0 Å². The van der Waals surface area contributed by atoms with Crippen molar-refractivity contribution in [3.8, 4) is 0 Å². The molecule has 6 nitrogen and oxygen atoms in total. The lowest BCUT2D eigenvalue weighted by Crippen LogP contribution is -2.39. The van der Waals surface area contributed by atoms with Crippen LogP contribution in [0.2, 0.25) is 0 Å². The second-order valence-electron chi connectivity index (χ2n) is 5.94. The number of nitrogens with one attached hydrogen (secondary N) is 1. The van der Waals surface area contributed by atoms with Crippen molar-refractivity contribution < 1.29 is 19.4 Å². The fraction of sp³-hybridized carbons (Fsp3) is 0.412. The van der Waals surface area contributed by atoms with Gasteiger partial charge in [-0.3, -0.25) is 9.59 Å². The highest BCUT2D eigenvalue weighted by Crippen LogP contribution is 2.22. The second kappa shape index (κ2) is 7.36. The summed E-state index contributed by atoms with van der Waals surface area (Å²) in [7, 11) is 0. The quantitative estimate of drug-likeness (QED) is 0.788. The third kappa shape index (κ3) is 3.96. The van der Waals surface area contributed by atoms with Crippen molar-refractivity contribution in [3.05, 3.63) is 34.4 Å². The summed E-state index contributed by atoms with van der Waals surface area (Å²) in [6.07, 6.45) is 1.79. The second-order valence-corrected chi connectivity index (χ2v) is 6.86. The Morgan fingerprint density at radius 2 is 2.21 bits per heavy atom. The van der Waals surface area contributed by atoms with E-state index in [9.17, 15) is 9.59 Å². The van der Waals surface area contributed by atoms with Gasteiger partial charge < -0.3 is 19.7 Å². The number of carbonyl (C=O) groups excluding carboxylic acids is 1. The van der Waals surface area contributed by atoms with Crippen molar-refractivity contribution in [2.75, 3.05) is 19.7 Å². The minimum atomic E-state index is -0.916. The highest BCUT2D eigenvalue weighted by atomic mass is 79.9. The van der Waals surface area contributed by atoms with E-state index in [-0.39, 0.29) is 25.0 Å². The number of amides is 1. The number of fused-ring (bicyclic) bond motifs is 1. The van der Waals surface area contributed by atoms with Crippen LogP contribution in [-0.2, 0) is 9.53 Å². The molecule has 1 aliphatic rings. The molecule has 24 heavy (non-hydrogen) atoms. The van der Waals surface area contributed by atoms with Crippen molar-refractivity contribution in [2.45, 2.75) is 25.4 Å². The van der Waals surface area contributed by atoms with E-state index in [1.807, 2.05) is 18.2 Å². The molecule has 0 saturated carbocycles. The number of aromatic amines is 1. The van der Waals surface area contributed by atoms with Crippen LogP contribution < -0.4 is 0 Å². The Morgan fingerprint density at radius 1 is 1.38 bits per heavy atom. The Morgan fingerprint density at radius 3 is 2.92 bits per heavy atom. The van der Waals surface area contributed by atoms with Crippen molar-refractivity contribution in [1.82, 2.24) is 9.88 Å². The average Bonchev–Trinajstić information content (AvgIpc) is 3.19. The molecule has 3 rings (SSSR count). The first-order valence-electron chi connectivity index (χ1n) is 7.94. The Balaban J connectivity index is 1.80. The standard InChI is InChI=1S/C17H19BrN2O4/c18-12-3-4-14-11(8-12)9-15(19-14)17(23)20(6-5-16(21)22)10-13-2-1-7-24-13/h3-4,8-9,13,19H,1-2,5-7,10H2,(H,21,22)/t13-/m0/s1. The maximum absolute atomic E-state index is 12.8. The molecule has 1 saturated heterocycles. The van der Waals surface area contributed by atoms with E-state index >= 15 is 0 Å². The van der Waals surface area contributed by atoms with Crippen LogP contribution in [0.4, 0.5) is 0 Å². The SMILES string of the molecule is O=C(O)CCN(C[C@@H]1CCCO1)C(=O)c1cc2cc(Br)ccc2[nH]1. The Hall–Kier alpha value is -1.86. The number of aromatic nitrogens is 1. The van der Waals surface area contributed by atoms with Gasteiger partial charge in [0, 0.05) is 35.1 Å². The highest BCUT2D eigenvalue weighted by molar-refractivity contribution is 9.10. The molecule has 2 aromatic rings. The topological polar surface area (TPSA) is 82.6 Å². The number of H-pyrrole nitrogens is 1. The van der Waals surface area contributed by atoms with Gasteiger partial charge in [0.1, 0.15) is 5.69 Å². The first-order chi connectivity index (χ1) is 11.5. The molecular weight excluding hydrogens is 376 g/mol.